The number of likely N-dealkylation sites (N-methyl/N-ethyl adjacent to an activating group) is 2. The van der Waals surface area contributed by atoms with Crippen LogP contribution in [0.5, 0.6) is 0 Å². The quantitative estimate of drug-likeness (QED) is 0.668. The maximum absolute atomic E-state index is 8.84. The molecule has 1 aromatic rings. The summed E-state index contributed by atoms with van der Waals surface area (Å²) in [5.74, 6) is 0.914. The highest BCUT2D eigenvalue weighted by atomic mass is 15.3. The van der Waals surface area contributed by atoms with Crippen LogP contribution in [0.25, 0.3) is 0 Å². The molecular weight excluding hydrogens is 286 g/mol. The molecule has 1 fully saturated rings. The van der Waals surface area contributed by atoms with Crippen molar-refractivity contribution < 1.29 is 0 Å². The highest BCUT2D eigenvalue weighted by molar-refractivity contribution is 5.79. The number of rotatable bonds is 5. The van der Waals surface area contributed by atoms with E-state index < -0.39 is 0 Å². The zero-order chi connectivity index (χ0) is 16.7. The van der Waals surface area contributed by atoms with Crippen LogP contribution in [0.2, 0.25) is 0 Å². The van der Waals surface area contributed by atoms with Crippen LogP contribution in [-0.2, 0) is 6.54 Å². The summed E-state index contributed by atoms with van der Waals surface area (Å²) in [7, 11) is 3.92. The number of guanidine groups is 1. The van der Waals surface area contributed by atoms with E-state index in [2.05, 4.69) is 40.1 Å². The van der Waals surface area contributed by atoms with Gasteiger partial charge < -0.3 is 10.2 Å². The van der Waals surface area contributed by atoms with Crippen molar-refractivity contribution in [2.75, 3.05) is 33.7 Å². The molecule has 1 N–H and O–H groups in total. The lowest BCUT2D eigenvalue weighted by molar-refractivity contribution is 0.232. The van der Waals surface area contributed by atoms with Gasteiger partial charge in [0.05, 0.1) is 11.6 Å². The van der Waals surface area contributed by atoms with Gasteiger partial charge in [-0.05, 0) is 43.6 Å². The molecule has 1 heterocycles. The van der Waals surface area contributed by atoms with E-state index in [0.717, 1.165) is 24.6 Å². The van der Waals surface area contributed by atoms with Crippen molar-refractivity contribution in [2.24, 2.45) is 4.99 Å². The Labute approximate surface area is 139 Å². The molecule has 1 saturated heterocycles. The highest BCUT2D eigenvalue weighted by Gasteiger charge is 2.24. The third-order valence-electron chi connectivity index (χ3n) is 4.50. The lowest BCUT2D eigenvalue weighted by atomic mass is 10.1. The van der Waals surface area contributed by atoms with E-state index in [1.807, 2.05) is 31.3 Å². The molecule has 23 heavy (non-hydrogen) atoms. The number of hydrogen-bond donors (Lipinski definition) is 1. The second-order valence-corrected chi connectivity index (χ2v) is 6.01. The number of benzene rings is 1. The lowest BCUT2D eigenvalue weighted by Crippen LogP contribution is -2.45. The fraction of sp³-hybridized carbons (Fsp3) is 0.556. The summed E-state index contributed by atoms with van der Waals surface area (Å²) in [6.45, 7) is 6.28. The van der Waals surface area contributed by atoms with E-state index in [1.165, 1.54) is 19.4 Å². The van der Waals surface area contributed by atoms with Gasteiger partial charge in [0.15, 0.2) is 5.96 Å². The van der Waals surface area contributed by atoms with E-state index >= 15 is 0 Å². The monoisotopic (exact) mass is 313 g/mol. The van der Waals surface area contributed by atoms with E-state index in [1.54, 1.807) is 0 Å². The fourth-order valence-electron chi connectivity index (χ4n) is 3.18. The topological polar surface area (TPSA) is 54.7 Å². The molecule has 0 bridgehead atoms. The van der Waals surface area contributed by atoms with Gasteiger partial charge in [0.25, 0.3) is 0 Å². The molecule has 1 unspecified atom stereocenters. The first-order chi connectivity index (χ1) is 11.2. The molecule has 0 aromatic heterocycles. The van der Waals surface area contributed by atoms with Gasteiger partial charge in [0, 0.05) is 33.2 Å². The highest BCUT2D eigenvalue weighted by Crippen LogP contribution is 2.17. The first-order valence-electron chi connectivity index (χ1n) is 8.32. The number of likely N-dealkylation sites (tertiary alicyclic amines) is 1. The van der Waals surface area contributed by atoms with Gasteiger partial charge in [-0.15, -0.1) is 0 Å². The van der Waals surface area contributed by atoms with Crippen molar-refractivity contribution in [3.63, 3.8) is 0 Å². The predicted molar refractivity (Wildman–Crippen MR) is 94.3 cm³/mol. The van der Waals surface area contributed by atoms with Crippen LogP contribution in [0.4, 0.5) is 0 Å². The average molecular weight is 313 g/mol. The lowest BCUT2D eigenvalue weighted by Gasteiger charge is -2.29. The summed E-state index contributed by atoms with van der Waals surface area (Å²) < 4.78 is 0. The van der Waals surface area contributed by atoms with Gasteiger partial charge in [0.1, 0.15) is 0 Å². The van der Waals surface area contributed by atoms with Crippen LogP contribution < -0.4 is 5.32 Å². The summed E-state index contributed by atoms with van der Waals surface area (Å²) >= 11 is 0. The van der Waals surface area contributed by atoms with Gasteiger partial charge >= 0.3 is 0 Å². The fourth-order valence-corrected chi connectivity index (χ4v) is 3.18. The molecule has 5 heteroatoms. The van der Waals surface area contributed by atoms with E-state index in [9.17, 15) is 0 Å². The number of nitriles is 1. The van der Waals surface area contributed by atoms with Gasteiger partial charge in [-0.3, -0.25) is 9.89 Å². The molecule has 1 aliphatic rings. The number of hydrogen-bond acceptors (Lipinski definition) is 3. The Kier molecular flexibility index (Phi) is 6.42. The van der Waals surface area contributed by atoms with Crippen molar-refractivity contribution >= 4 is 5.96 Å². The Morgan fingerprint density at radius 3 is 2.78 bits per heavy atom. The third-order valence-corrected chi connectivity index (χ3v) is 4.50. The van der Waals surface area contributed by atoms with Crippen LogP contribution in [-0.4, -0.2) is 55.5 Å². The van der Waals surface area contributed by atoms with Gasteiger partial charge in [-0.25, -0.2) is 0 Å². The largest absolute Gasteiger partial charge is 0.352 e. The van der Waals surface area contributed by atoms with E-state index in [-0.39, 0.29) is 0 Å². The van der Waals surface area contributed by atoms with Crippen LogP contribution in [0.15, 0.2) is 29.3 Å². The minimum atomic E-state index is 0.624. The minimum absolute atomic E-state index is 0.624. The Hall–Kier alpha value is -2.06. The van der Waals surface area contributed by atoms with Crippen molar-refractivity contribution in [3.05, 3.63) is 35.4 Å². The van der Waals surface area contributed by atoms with Crippen molar-refractivity contribution in [2.45, 2.75) is 32.4 Å². The molecule has 0 saturated carbocycles. The Balaban J connectivity index is 1.87. The summed E-state index contributed by atoms with van der Waals surface area (Å²) in [6.07, 6.45) is 2.56. The summed E-state index contributed by atoms with van der Waals surface area (Å²) in [5, 5.41) is 12.2. The van der Waals surface area contributed by atoms with Crippen LogP contribution in [0.1, 0.15) is 30.9 Å². The molecular formula is C18H27N5. The zero-order valence-electron chi connectivity index (χ0n) is 14.4. The predicted octanol–water partition coefficient (Wildman–Crippen LogP) is 2.05. The molecule has 1 atom stereocenters. The first-order valence-corrected chi connectivity index (χ1v) is 8.32. The molecule has 1 aromatic carbocycles. The normalized spacial score (nSPS) is 18.7. The molecule has 124 valence electrons. The molecule has 0 radical (unpaired) electrons. The van der Waals surface area contributed by atoms with Gasteiger partial charge in [-0.1, -0.05) is 19.1 Å². The SMILES string of the molecule is CCN1CCCC1CN(C)C(=NC)NCc1ccc(C#N)cc1. The Morgan fingerprint density at radius 1 is 1.43 bits per heavy atom. The van der Waals surface area contributed by atoms with Crippen molar-refractivity contribution in [1.29, 1.82) is 5.26 Å². The number of aliphatic imine (C=N–C) groups is 1. The molecule has 2 rings (SSSR count). The average Bonchev–Trinajstić information content (AvgIpc) is 3.03. The smallest absolute Gasteiger partial charge is 0.193 e. The standard InChI is InChI=1S/C18H27N5/c1-4-23-11-5-6-17(23)14-22(3)18(20-2)21-13-16-9-7-15(12-19)8-10-16/h7-10,17H,4-6,11,13-14H2,1-3H3,(H,20,21). The van der Waals surface area contributed by atoms with Gasteiger partial charge in [0.2, 0.25) is 0 Å². The number of nitrogens with one attached hydrogen (secondary N) is 1. The Morgan fingerprint density at radius 2 is 2.17 bits per heavy atom. The van der Waals surface area contributed by atoms with Crippen molar-refractivity contribution in [1.82, 2.24) is 15.1 Å². The summed E-state index contributed by atoms with van der Waals surface area (Å²) in [6, 6.07) is 10.4. The minimum Gasteiger partial charge on any atom is -0.352 e. The van der Waals surface area contributed by atoms with E-state index in [0.29, 0.717) is 18.2 Å². The van der Waals surface area contributed by atoms with Crippen LogP contribution in [0.3, 0.4) is 0 Å². The Bertz CT molecular complexity index is 558. The molecule has 0 aliphatic carbocycles. The number of nitrogens with zero attached hydrogens (tertiary/aromatic N) is 4. The summed E-state index contributed by atoms with van der Waals surface area (Å²) in [5.41, 5.74) is 1.84. The van der Waals surface area contributed by atoms with Gasteiger partial charge in [-0.2, -0.15) is 5.26 Å². The summed E-state index contributed by atoms with van der Waals surface area (Å²) in [4.78, 5) is 9.15. The van der Waals surface area contributed by atoms with Crippen LogP contribution in [0, 0.1) is 11.3 Å². The molecule has 5 nitrogen and oxygen atoms in total. The second-order valence-electron chi connectivity index (χ2n) is 6.01. The maximum Gasteiger partial charge on any atom is 0.193 e. The molecule has 1 aliphatic heterocycles. The van der Waals surface area contributed by atoms with Crippen molar-refractivity contribution in [3.8, 4) is 6.07 Å². The second kappa shape index (κ2) is 8.54. The maximum atomic E-state index is 8.84. The molecule has 0 amide bonds. The van der Waals surface area contributed by atoms with E-state index in [4.69, 9.17) is 5.26 Å². The first kappa shape index (κ1) is 17.3. The van der Waals surface area contributed by atoms with Crippen LogP contribution >= 0.6 is 0 Å². The third kappa shape index (κ3) is 4.70. The molecule has 0 spiro atoms. The zero-order valence-corrected chi connectivity index (χ0v) is 14.4.